The number of carbonyl (C=O) groups excluding carboxylic acids is 1. The molecular weight excluding hydrogens is 344 g/mol. The number of aryl methyl sites for hydroxylation is 1. The average Bonchev–Trinajstić information content (AvgIpc) is 3.10. The predicted molar refractivity (Wildman–Crippen MR) is 89.5 cm³/mol. The molecule has 7 nitrogen and oxygen atoms in total. The molecule has 0 saturated carbocycles. The molecule has 2 heterocycles. The molecule has 0 radical (unpaired) electrons. The van der Waals surface area contributed by atoms with E-state index in [0.717, 1.165) is 9.69 Å². The molecule has 0 unspecified atom stereocenters. The minimum absolute atomic E-state index is 0.0682. The Labute approximate surface area is 143 Å². The highest BCUT2D eigenvalue weighted by Gasteiger charge is 2.36. The van der Waals surface area contributed by atoms with Gasteiger partial charge in [0, 0.05) is 11.5 Å². The van der Waals surface area contributed by atoms with Crippen LogP contribution in [0.2, 0.25) is 0 Å². The van der Waals surface area contributed by atoms with E-state index in [1.165, 1.54) is 0 Å². The molecule has 2 aromatic carbocycles. The Balaban J connectivity index is 1.59. The lowest BCUT2D eigenvalue weighted by atomic mass is 10.1. The third-order valence-electron chi connectivity index (χ3n) is 4.01. The number of carbonyl (C=O) groups is 1. The molecule has 0 saturated heterocycles. The first-order valence-electron chi connectivity index (χ1n) is 7.59. The number of nitrogens with zero attached hydrogens (tertiary/aromatic N) is 2. The fourth-order valence-corrected chi connectivity index (χ4v) is 4.59. The molecule has 3 aromatic rings. The smallest absolute Gasteiger partial charge is 0.327 e. The molecule has 0 atom stereocenters. The second-order valence-corrected chi connectivity index (χ2v) is 7.56. The monoisotopic (exact) mass is 358 g/mol. The van der Waals surface area contributed by atoms with E-state index in [4.69, 9.17) is 9.26 Å². The van der Waals surface area contributed by atoms with Gasteiger partial charge in [0.2, 0.25) is 0 Å². The summed E-state index contributed by atoms with van der Waals surface area (Å²) in [6.45, 7) is 1.27. The maximum atomic E-state index is 12.8. The van der Waals surface area contributed by atoms with Crippen molar-refractivity contribution in [1.29, 1.82) is 0 Å². The summed E-state index contributed by atoms with van der Waals surface area (Å²) in [5.41, 5.74) is 0.961. The number of hydrogen-bond donors (Lipinski definition) is 0. The van der Waals surface area contributed by atoms with Crippen LogP contribution in [0.5, 0.6) is 0 Å². The first kappa shape index (κ1) is 15.6. The van der Waals surface area contributed by atoms with Crippen molar-refractivity contribution >= 4 is 32.5 Å². The summed E-state index contributed by atoms with van der Waals surface area (Å²) < 4.78 is 36.6. The summed E-state index contributed by atoms with van der Waals surface area (Å²) in [5.74, 6) is -0.0515. The molecular formula is C17H14N2O5S. The minimum Gasteiger partial charge on any atom is -0.458 e. The standard InChI is InChI=1S/C17H14N2O5S/c1-11-8-13(18-24-11)10-23-16(20)9-19-14-6-2-4-12-5-3-7-15(17(12)14)25(19,21)22/h2-8H,9-10H2,1H3. The first-order valence-corrected chi connectivity index (χ1v) is 9.03. The molecule has 128 valence electrons. The Morgan fingerprint density at radius 2 is 2.00 bits per heavy atom. The Kier molecular flexibility index (Phi) is 3.50. The molecule has 1 aliphatic heterocycles. The lowest BCUT2D eigenvalue weighted by Gasteiger charge is -2.17. The molecule has 0 amide bonds. The Morgan fingerprint density at radius 3 is 2.72 bits per heavy atom. The number of rotatable bonds is 4. The normalized spacial score (nSPS) is 14.8. The maximum Gasteiger partial charge on any atom is 0.327 e. The highest BCUT2D eigenvalue weighted by molar-refractivity contribution is 7.93. The van der Waals surface area contributed by atoms with Gasteiger partial charge in [0.25, 0.3) is 10.0 Å². The highest BCUT2D eigenvalue weighted by atomic mass is 32.2. The zero-order valence-corrected chi connectivity index (χ0v) is 14.1. The van der Waals surface area contributed by atoms with Crippen molar-refractivity contribution in [2.24, 2.45) is 0 Å². The topological polar surface area (TPSA) is 89.7 Å². The molecule has 1 aromatic heterocycles. The van der Waals surface area contributed by atoms with E-state index < -0.39 is 22.5 Å². The molecule has 0 aliphatic carbocycles. The molecule has 0 fully saturated rings. The second kappa shape index (κ2) is 5.59. The summed E-state index contributed by atoms with van der Waals surface area (Å²) in [7, 11) is -3.77. The number of hydrogen-bond acceptors (Lipinski definition) is 6. The van der Waals surface area contributed by atoms with Crippen molar-refractivity contribution in [2.45, 2.75) is 18.4 Å². The van der Waals surface area contributed by atoms with Crippen molar-refractivity contribution < 1.29 is 22.5 Å². The van der Waals surface area contributed by atoms with Crippen LogP contribution in [-0.4, -0.2) is 26.1 Å². The fraction of sp³-hybridized carbons (Fsp3) is 0.176. The molecule has 8 heteroatoms. The number of sulfonamides is 1. The lowest BCUT2D eigenvalue weighted by Crippen LogP contribution is -2.33. The molecule has 0 bridgehead atoms. The number of ether oxygens (including phenoxy) is 1. The van der Waals surface area contributed by atoms with Crippen LogP contribution in [0, 0.1) is 6.92 Å². The van der Waals surface area contributed by atoms with Crippen LogP contribution in [0.1, 0.15) is 11.5 Å². The zero-order chi connectivity index (χ0) is 17.6. The van der Waals surface area contributed by atoms with Crippen LogP contribution in [0.4, 0.5) is 5.69 Å². The van der Waals surface area contributed by atoms with Crippen molar-refractivity contribution in [3.8, 4) is 0 Å². The average molecular weight is 358 g/mol. The molecule has 1 aliphatic rings. The van der Waals surface area contributed by atoms with Crippen molar-refractivity contribution in [3.05, 3.63) is 53.9 Å². The third-order valence-corrected chi connectivity index (χ3v) is 5.81. The SMILES string of the molecule is Cc1cc(COC(=O)CN2c3cccc4cccc(c34)S2(=O)=O)no1. The Morgan fingerprint density at radius 1 is 1.24 bits per heavy atom. The fourth-order valence-electron chi connectivity index (χ4n) is 2.93. The lowest BCUT2D eigenvalue weighted by molar-refractivity contribution is -0.143. The largest absolute Gasteiger partial charge is 0.458 e. The number of esters is 1. The summed E-state index contributed by atoms with van der Waals surface area (Å²) in [6.07, 6.45) is 0. The van der Waals surface area contributed by atoms with Gasteiger partial charge in [-0.05, 0) is 24.4 Å². The molecule has 0 N–H and O–H groups in total. The van der Waals surface area contributed by atoms with Gasteiger partial charge in [-0.1, -0.05) is 29.4 Å². The third kappa shape index (κ3) is 2.54. The summed E-state index contributed by atoms with van der Waals surface area (Å²) >= 11 is 0. The number of anilines is 1. The first-order chi connectivity index (χ1) is 12.0. The zero-order valence-electron chi connectivity index (χ0n) is 13.3. The van der Waals surface area contributed by atoms with E-state index in [1.807, 2.05) is 12.1 Å². The van der Waals surface area contributed by atoms with E-state index >= 15 is 0 Å². The van der Waals surface area contributed by atoms with E-state index in [2.05, 4.69) is 5.16 Å². The van der Waals surface area contributed by atoms with Gasteiger partial charge in [-0.2, -0.15) is 0 Å². The van der Waals surface area contributed by atoms with E-state index in [-0.39, 0.29) is 11.5 Å². The second-order valence-electron chi connectivity index (χ2n) is 5.73. The molecule has 0 spiro atoms. The highest BCUT2D eigenvalue weighted by Crippen LogP contribution is 2.41. The molecule has 4 rings (SSSR count). The summed E-state index contributed by atoms with van der Waals surface area (Å²) in [6, 6.07) is 12.0. The van der Waals surface area contributed by atoms with Crippen LogP contribution >= 0.6 is 0 Å². The Hall–Kier alpha value is -2.87. The van der Waals surface area contributed by atoms with Gasteiger partial charge in [0.05, 0.1) is 10.6 Å². The van der Waals surface area contributed by atoms with Crippen LogP contribution < -0.4 is 4.31 Å². The predicted octanol–water partition coefficient (Wildman–Crippen LogP) is 2.39. The summed E-state index contributed by atoms with van der Waals surface area (Å²) in [4.78, 5) is 12.4. The quantitative estimate of drug-likeness (QED) is 0.665. The van der Waals surface area contributed by atoms with E-state index in [1.54, 1.807) is 37.3 Å². The maximum absolute atomic E-state index is 12.8. The Bertz CT molecular complexity index is 1080. The van der Waals surface area contributed by atoms with Crippen molar-refractivity contribution in [3.63, 3.8) is 0 Å². The van der Waals surface area contributed by atoms with Crippen LogP contribution in [0.15, 0.2) is 51.9 Å². The van der Waals surface area contributed by atoms with Gasteiger partial charge < -0.3 is 9.26 Å². The van der Waals surface area contributed by atoms with Gasteiger partial charge in [-0.25, -0.2) is 8.42 Å². The van der Waals surface area contributed by atoms with Gasteiger partial charge in [-0.3, -0.25) is 9.10 Å². The molecule has 25 heavy (non-hydrogen) atoms. The van der Waals surface area contributed by atoms with Crippen LogP contribution in [0.25, 0.3) is 10.8 Å². The van der Waals surface area contributed by atoms with Gasteiger partial charge in [-0.15, -0.1) is 0 Å². The van der Waals surface area contributed by atoms with Crippen LogP contribution in [-0.2, 0) is 26.2 Å². The van der Waals surface area contributed by atoms with E-state index in [0.29, 0.717) is 22.5 Å². The minimum atomic E-state index is -3.77. The van der Waals surface area contributed by atoms with Crippen molar-refractivity contribution in [2.75, 3.05) is 10.8 Å². The van der Waals surface area contributed by atoms with Crippen LogP contribution in [0.3, 0.4) is 0 Å². The van der Waals surface area contributed by atoms with Crippen molar-refractivity contribution in [1.82, 2.24) is 5.16 Å². The number of benzene rings is 2. The van der Waals surface area contributed by atoms with Gasteiger partial charge in [0.15, 0.2) is 0 Å². The summed E-state index contributed by atoms with van der Waals surface area (Å²) in [5, 5.41) is 5.17. The number of aromatic nitrogens is 1. The van der Waals surface area contributed by atoms with Gasteiger partial charge in [0.1, 0.15) is 24.6 Å². The van der Waals surface area contributed by atoms with Gasteiger partial charge >= 0.3 is 5.97 Å². The van der Waals surface area contributed by atoms with E-state index in [9.17, 15) is 13.2 Å².